The van der Waals surface area contributed by atoms with E-state index in [1.807, 2.05) is 30.3 Å². The van der Waals surface area contributed by atoms with Gasteiger partial charge in [0, 0.05) is 6.54 Å². The van der Waals surface area contributed by atoms with Crippen molar-refractivity contribution in [1.82, 2.24) is 5.32 Å². The van der Waals surface area contributed by atoms with E-state index < -0.39 is 5.92 Å². The van der Waals surface area contributed by atoms with Crippen molar-refractivity contribution < 1.29 is 4.79 Å². The molecule has 0 aromatic heterocycles. The molecule has 0 bridgehead atoms. The van der Waals surface area contributed by atoms with Crippen LogP contribution >= 0.6 is 12.2 Å². The van der Waals surface area contributed by atoms with Gasteiger partial charge in [0.1, 0.15) is 5.92 Å². The molecule has 1 aliphatic carbocycles. The van der Waals surface area contributed by atoms with Gasteiger partial charge in [0.25, 0.3) is 0 Å². The van der Waals surface area contributed by atoms with E-state index in [0.29, 0.717) is 5.41 Å². The summed E-state index contributed by atoms with van der Waals surface area (Å²) in [5, 5.41) is 3.05. The smallest absolute Gasteiger partial charge is 0.234 e. The van der Waals surface area contributed by atoms with Crippen LogP contribution in [0.3, 0.4) is 0 Å². The molecule has 1 unspecified atom stereocenters. The van der Waals surface area contributed by atoms with Crippen molar-refractivity contribution in [3.8, 4) is 0 Å². The normalized spacial score (nSPS) is 17.9. The summed E-state index contributed by atoms with van der Waals surface area (Å²) in [6, 6.07) is 9.49. The fourth-order valence-electron chi connectivity index (χ4n) is 2.80. The van der Waals surface area contributed by atoms with E-state index >= 15 is 0 Å². The fourth-order valence-corrected chi connectivity index (χ4v) is 3.04. The van der Waals surface area contributed by atoms with E-state index in [0.717, 1.165) is 18.5 Å². The molecule has 1 fully saturated rings. The molecule has 1 aliphatic rings. The van der Waals surface area contributed by atoms with Gasteiger partial charge in [-0.25, -0.2) is 0 Å². The quantitative estimate of drug-likeness (QED) is 0.792. The first kappa shape index (κ1) is 15.0. The maximum Gasteiger partial charge on any atom is 0.234 e. The summed E-state index contributed by atoms with van der Waals surface area (Å²) in [6.45, 7) is 2.92. The van der Waals surface area contributed by atoms with Gasteiger partial charge in [-0.3, -0.25) is 4.79 Å². The van der Waals surface area contributed by atoms with Gasteiger partial charge in [-0.2, -0.15) is 0 Å². The van der Waals surface area contributed by atoms with E-state index in [-0.39, 0.29) is 10.9 Å². The van der Waals surface area contributed by atoms with Crippen molar-refractivity contribution in [2.45, 2.75) is 38.5 Å². The van der Waals surface area contributed by atoms with Gasteiger partial charge in [-0.15, -0.1) is 0 Å². The predicted octanol–water partition coefficient (Wildman–Crippen LogP) is 2.75. The van der Waals surface area contributed by atoms with Crippen LogP contribution < -0.4 is 11.1 Å². The van der Waals surface area contributed by atoms with Crippen LogP contribution in [-0.4, -0.2) is 17.4 Å². The Hall–Kier alpha value is -1.42. The summed E-state index contributed by atoms with van der Waals surface area (Å²) in [5.41, 5.74) is 6.92. The molecule has 3 nitrogen and oxygen atoms in total. The summed E-state index contributed by atoms with van der Waals surface area (Å²) in [6.07, 6.45) is 4.77. The Morgan fingerprint density at radius 1 is 1.40 bits per heavy atom. The molecule has 3 N–H and O–H groups in total. The topological polar surface area (TPSA) is 55.1 Å². The number of carbonyl (C=O) groups is 1. The zero-order valence-electron chi connectivity index (χ0n) is 11.9. The van der Waals surface area contributed by atoms with Crippen LogP contribution in [0.4, 0.5) is 0 Å². The number of nitrogens with two attached hydrogens (primary N) is 1. The lowest BCUT2D eigenvalue weighted by atomic mass is 9.67. The van der Waals surface area contributed by atoms with Crippen LogP contribution in [0.5, 0.6) is 0 Å². The summed E-state index contributed by atoms with van der Waals surface area (Å²) in [7, 11) is 0. The van der Waals surface area contributed by atoms with Gasteiger partial charge in [-0.1, -0.05) is 55.9 Å². The Labute approximate surface area is 125 Å². The molecule has 108 valence electrons. The van der Waals surface area contributed by atoms with Crippen LogP contribution in [0, 0.1) is 5.41 Å². The minimum absolute atomic E-state index is 0.0802. The molecule has 1 saturated carbocycles. The Balaban J connectivity index is 2.03. The summed E-state index contributed by atoms with van der Waals surface area (Å²) in [5.74, 6) is -0.608. The van der Waals surface area contributed by atoms with Gasteiger partial charge in [0.2, 0.25) is 5.91 Å². The number of nitrogens with one attached hydrogen (secondary N) is 1. The van der Waals surface area contributed by atoms with Gasteiger partial charge >= 0.3 is 0 Å². The molecular weight excluding hydrogens is 268 g/mol. The standard InChI is InChI=1S/C16H22N2OS/c1-2-16(9-6-10-16)11-18-15(19)13(14(17)20)12-7-4-3-5-8-12/h3-5,7-8,13H,2,6,9-11H2,1H3,(H2,17,20)(H,18,19). The largest absolute Gasteiger partial charge is 0.392 e. The monoisotopic (exact) mass is 290 g/mol. The number of amides is 1. The SMILES string of the molecule is CCC1(CNC(=O)C(C(N)=S)c2ccccc2)CCC1. The Kier molecular flexibility index (Phi) is 4.76. The second-order valence-corrected chi connectivity index (χ2v) is 6.14. The number of benzene rings is 1. The molecule has 0 saturated heterocycles. The van der Waals surface area contributed by atoms with Gasteiger partial charge in [-0.05, 0) is 30.2 Å². The molecule has 1 aromatic carbocycles. The molecule has 0 spiro atoms. The first-order valence-electron chi connectivity index (χ1n) is 7.20. The first-order chi connectivity index (χ1) is 9.58. The van der Waals surface area contributed by atoms with Gasteiger partial charge in [0.05, 0.1) is 4.99 Å². The number of rotatable bonds is 6. The van der Waals surface area contributed by atoms with Gasteiger partial charge < -0.3 is 11.1 Å². The fraction of sp³-hybridized carbons (Fsp3) is 0.500. The summed E-state index contributed by atoms with van der Waals surface area (Å²) in [4.78, 5) is 12.6. The zero-order chi connectivity index (χ0) is 14.6. The highest BCUT2D eigenvalue weighted by molar-refractivity contribution is 7.80. The molecule has 1 amide bonds. The molecule has 2 rings (SSSR count). The van der Waals surface area contributed by atoms with E-state index in [1.54, 1.807) is 0 Å². The number of carbonyl (C=O) groups excluding carboxylic acids is 1. The molecule has 0 aliphatic heterocycles. The van der Waals surface area contributed by atoms with Crippen LogP contribution in [0.1, 0.15) is 44.1 Å². The minimum Gasteiger partial charge on any atom is -0.392 e. The van der Waals surface area contributed by atoms with Crippen molar-refractivity contribution in [3.05, 3.63) is 35.9 Å². The number of hydrogen-bond donors (Lipinski definition) is 2. The highest BCUT2D eigenvalue weighted by Crippen LogP contribution is 2.43. The van der Waals surface area contributed by atoms with Crippen molar-refractivity contribution in [2.75, 3.05) is 6.54 Å². The predicted molar refractivity (Wildman–Crippen MR) is 85.6 cm³/mol. The zero-order valence-corrected chi connectivity index (χ0v) is 12.7. The van der Waals surface area contributed by atoms with Gasteiger partial charge in [0.15, 0.2) is 0 Å². The van der Waals surface area contributed by atoms with E-state index in [2.05, 4.69) is 12.2 Å². The highest BCUT2D eigenvalue weighted by Gasteiger charge is 2.36. The van der Waals surface area contributed by atoms with Crippen molar-refractivity contribution in [1.29, 1.82) is 0 Å². The average Bonchev–Trinajstić information content (AvgIpc) is 2.39. The minimum atomic E-state index is -0.528. The first-order valence-corrected chi connectivity index (χ1v) is 7.61. The van der Waals surface area contributed by atoms with Crippen LogP contribution in [-0.2, 0) is 4.79 Å². The van der Waals surface area contributed by atoms with E-state index in [9.17, 15) is 4.79 Å². The van der Waals surface area contributed by atoms with Crippen molar-refractivity contribution in [3.63, 3.8) is 0 Å². The molecule has 20 heavy (non-hydrogen) atoms. The maximum atomic E-state index is 12.4. The third-order valence-corrected chi connectivity index (χ3v) is 4.72. The molecular formula is C16H22N2OS. The van der Waals surface area contributed by atoms with Crippen molar-refractivity contribution >= 4 is 23.1 Å². The Morgan fingerprint density at radius 2 is 2.05 bits per heavy atom. The molecule has 0 radical (unpaired) electrons. The Bertz CT molecular complexity index is 477. The molecule has 4 heteroatoms. The van der Waals surface area contributed by atoms with Crippen LogP contribution in [0.15, 0.2) is 30.3 Å². The van der Waals surface area contributed by atoms with Crippen LogP contribution in [0.2, 0.25) is 0 Å². The maximum absolute atomic E-state index is 12.4. The lowest BCUT2D eigenvalue weighted by Crippen LogP contribution is -2.45. The lowest BCUT2D eigenvalue weighted by molar-refractivity contribution is -0.122. The Morgan fingerprint density at radius 3 is 2.50 bits per heavy atom. The lowest BCUT2D eigenvalue weighted by Gasteiger charge is -2.41. The average molecular weight is 290 g/mol. The molecule has 1 aromatic rings. The second-order valence-electron chi connectivity index (χ2n) is 5.67. The third kappa shape index (κ3) is 3.18. The highest BCUT2D eigenvalue weighted by atomic mass is 32.1. The molecule has 1 atom stereocenters. The molecule has 0 heterocycles. The van der Waals surface area contributed by atoms with Crippen molar-refractivity contribution in [2.24, 2.45) is 11.1 Å². The van der Waals surface area contributed by atoms with Crippen LogP contribution in [0.25, 0.3) is 0 Å². The number of thiocarbonyl (C=S) groups is 1. The van der Waals surface area contributed by atoms with E-state index in [1.165, 1.54) is 19.3 Å². The number of hydrogen-bond acceptors (Lipinski definition) is 2. The summed E-state index contributed by atoms with van der Waals surface area (Å²) >= 11 is 5.07. The summed E-state index contributed by atoms with van der Waals surface area (Å²) < 4.78 is 0. The third-order valence-electron chi connectivity index (χ3n) is 4.48. The second kappa shape index (κ2) is 6.35. The van der Waals surface area contributed by atoms with E-state index in [4.69, 9.17) is 18.0 Å².